The van der Waals surface area contributed by atoms with Gasteiger partial charge in [-0.3, -0.25) is 9.69 Å². The molecule has 23 heavy (non-hydrogen) atoms. The first-order valence-electron chi connectivity index (χ1n) is 8.14. The van der Waals surface area contributed by atoms with Crippen LogP contribution in [0, 0.1) is 0 Å². The van der Waals surface area contributed by atoms with E-state index in [1.54, 1.807) is 7.11 Å². The molecule has 0 saturated carbocycles. The topological polar surface area (TPSA) is 50.8 Å². The van der Waals surface area contributed by atoms with Crippen molar-refractivity contribution in [1.29, 1.82) is 0 Å². The zero-order chi connectivity index (χ0) is 16.1. The Labute approximate surface area is 141 Å². The smallest absolute Gasteiger partial charge is 0.230 e. The lowest BCUT2D eigenvalue weighted by molar-refractivity contribution is -0.119. The summed E-state index contributed by atoms with van der Waals surface area (Å²) in [6.45, 7) is 3.60. The molecule has 2 aliphatic heterocycles. The second-order valence-electron chi connectivity index (χ2n) is 5.99. The summed E-state index contributed by atoms with van der Waals surface area (Å²) < 4.78 is 10.8. The van der Waals surface area contributed by atoms with Gasteiger partial charge in [-0.15, -0.1) is 11.8 Å². The van der Waals surface area contributed by atoms with Gasteiger partial charge >= 0.3 is 0 Å². The van der Waals surface area contributed by atoms with E-state index in [9.17, 15) is 4.79 Å². The Morgan fingerprint density at radius 1 is 1.39 bits per heavy atom. The minimum absolute atomic E-state index is 0.0671. The van der Waals surface area contributed by atoms with Crippen molar-refractivity contribution >= 4 is 17.7 Å². The third-order valence-electron chi connectivity index (χ3n) is 4.42. The van der Waals surface area contributed by atoms with Crippen LogP contribution in [0.2, 0.25) is 0 Å². The van der Waals surface area contributed by atoms with E-state index in [-0.39, 0.29) is 11.9 Å². The average Bonchev–Trinajstić information content (AvgIpc) is 3.24. The number of benzene rings is 1. The third-order valence-corrected chi connectivity index (χ3v) is 5.41. The molecule has 0 aliphatic carbocycles. The quantitative estimate of drug-likeness (QED) is 0.803. The summed E-state index contributed by atoms with van der Waals surface area (Å²) in [6, 6.07) is 8.24. The Balaban J connectivity index is 1.48. The van der Waals surface area contributed by atoms with E-state index in [1.807, 2.05) is 24.3 Å². The van der Waals surface area contributed by atoms with E-state index >= 15 is 0 Å². The molecule has 0 radical (unpaired) electrons. The molecular weight excluding hydrogens is 312 g/mol. The fraction of sp³-hybridized carbons (Fsp3) is 0.588. The molecule has 1 aromatic rings. The highest BCUT2D eigenvalue weighted by Gasteiger charge is 2.35. The number of methoxy groups -OCH3 is 1. The van der Waals surface area contributed by atoms with Crippen molar-refractivity contribution in [2.24, 2.45) is 0 Å². The standard InChI is InChI=1S/C17H24N2O3S/c1-21-13-5-4-6-14(9-13)23-12-17(20)18-15-10-22-11-16(15)19-7-2-3-8-19/h4-6,9,15-16H,2-3,7-8,10-12H2,1H3,(H,18,20)/t15-,16-/m1/s1. The summed E-state index contributed by atoms with van der Waals surface area (Å²) in [6.07, 6.45) is 2.51. The molecule has 1 aromatic carbocycles. The first kappa shape index (κ1) is 16.6. The van der Waals surface area contributed by atoms with Crippen molar-refractivity contribution in [2.75, 3.05) is 39.2 Å². The second-order valence-corrected chi connectivity index (χ2v) is 7.04. The van der Waals surface area contributed by atoms with Gasteiger partial charge in [0.1, 0.15) is 5.75 Å². The SMILES string of the molecule is COc1cccc(SCC(=O)N[C@@H]2COC[C@H]2N2CCCC2)c1. The molecule has 126 valence electrons. The molecule has 2 fully saturated rings. The van der Waals surface area contributed by atoms with Gasteiger partial charge in [-0.25, -0.2) is 0 Å². The van der Waals surface area contributed by atoms with E-state index in [1.165, 1.54) is 24.6 Å². The normalized spacial score (nSPS) is 24.7. The van der Waals surface area contributed by atoms with Gasteiger partial charge in [-0.1, -0.05) is 6.07 Å². The summed E-state index contributed by atoms with van der Waals surface area (Å²) >= 11 is 1.53. The first-order chi connectivity index (χ1) is 11.3. The van der Waals surface area contributed by atoms with Crippen molar-refractivity contribution < 1.29 is 14.3 Å². The molecule has 0 unspecified atom stereocenters. The van der Waals surface area contributed by atoms with Crippen molar-refractivity contribution in [3.63, 3.8) is 0 Å². The molecule has 3 rings (SSSR count). The number of hydrogen-bond acceptors (Lipinski definition) is 5. The molecule has 1 N–H and O–H groups in total. The zero-order valence-corrected chi connectivity index (χ0v) is 14.3. The van der Waals surface area contributed by atoms with Crippen LogP contribution in [0.1, 0.15) is 12.8 Å². The predicted molar refractivity (Wildman–Crippen MR) is 91.1 cm³/mol. The van der Waals surface area contributed by atoms with Crippen LogP contribution in [0.5, 0.6) is 5.75 Å². The maximum Gasteiger partial charge on any atom is 0.230 e. The number of likely N-dealkylation sites (tertiary alicyclic amines) is 1. The van der Waals surface area contributed by atoms with Gasteiger partial charge < -0.3 is 14.8 Å². The lowest BCUT2D eigenvalue weighted by Crippen LogP contribution is -2.50. The number of hydrogen-bond donors (Lipinski definition) is 1. The Bertz CT molecular complexity index is 534. The lowest BCUT2D eigenvalue weighted by Gasteiger charge is -2.27. The maximum absolute atomic E-state index is 12.2. The van der Waals surface area contributed by atoms with Crippen molar-refractivity contribution in [1.82, 2.24) is 10.2 Å². The molecule has 5 nitrogen and oxygen atoms in total. The molecule has 2 heterocycles. The number of nitrogens with zero attached hydrogens (tertiary/aromatic N) is 1. The highest BCUT2D eigenvalue weighted by atomic mass is 32.2. The molecule has 2 aliphatic rings. The van der Waals surface area contributed by atoms with Gasteiger partial charge in [-0.2, -0.15) is 0 Å². The van der Waals surface area contributed by atoms with Crippen molar-refractivity contribution in [2.45, 2.75) is 29.8 Å². The Morgan fingerprint density at radius 3 is 3.00 bits per heavy atom. The predicted octanol–water partition coefficient (Wildman–Crippen LogP) is 1.77. The number of thioether (sulfide) groups is 1. The molecule has 0 aromatic heterocycles. The van der Waals surface area contributed by atoms with Crippen LogP contribution >= 0.6 is 11.8 Å². The van der Waals surface area contributed by atoms with E-state index in [4.69, 9.17) is 9.47 Å². The first-order valence-corrected chi connectivity index (χ1v) is 9.13. The van der Waals surface area contributed by atoms with Crippen LogP contribution in [0.4, 0.5) is 0 Å². The lowest BCUT2D eigenvalue weighted by atomic mass is 10.1. The fourth-order valence-electron chi connectivity index (χ4n) is 3.20. The molecular formula is C17H24N2O3S. The summed E-state index contributed by atoms with van der Waals surface area (Å²) in [7, 11) is 1.65. The number of carbonyl (C=O) groups is 1. The van der Waals surface area contributed by atoms with Gasteiger partial charge in [0.2, 0.25) is 5.91 Å². The number of rotatable bonds is 6. The largest absolute Gasteiger partial charge is 0.497 e. The summed E-state index contributed by atoms with van der Waals surface area (Å²) in [5.74, 6) is 1.29. The maximum atomic E-state index is 12.2. The number of carbonyl (C=O) groups excluding carboxylic acids is 1. The van der Waals surface area contributed by atoms with Crippen LogP contribution in [0.3, 0.4) is 0 Å². The molecule has 0 spiro atoms. The van der Waals surface area contributed by atoms with E-state index in [0.717, 1.165) is 30.3 Å². The highest BCUT2D eigenvalue weighted by Crippen LogP contribution is 2.23. The summed E-state index contributed by atoms with van der Waals surface area (Å²) in [4.78, 5) is 15.7. The van der Waals surface area contributed by atoms with E-state index in [2.05, 4.69) is 10.2 Å². The Hall–Kier alpha value is -1.24. The molecule has 0 bridgehead atoms. The molecule has 1 amide bonds. The molecule has 6 heteroatoms. The minimum atomic E-state index is 0.0671. The monoisotopic (exact) mass is 336 g/mol. The zero-order valence-electron chi connectivity index (χ0n) is 13.5. The molecule has 2 saturated heterocycles. The van der Waals surface area contributed by atoms with E-state index in [0.29, 0.717) is 18.4 Å². The van der Waals surface area contributed by atoms with Gasteiger partial charge in [0.05, 0.1) is 38.2 Å². The van der Waals surface area contributed by atoms with Crippen LogP contribution in [-0.4, -0.2) is 62.1 Å². The Kier molecular flexibility index (Phi) is 5.80. The minimum Gasteiger partial charge on any atom is -0.497 e. The summed E-state index contributed by atoms with van der Waals surface area (Å²) in [5, 5.41) is 3.15. The van der Waals surface area contributed by atoms with Crippen LogP contribution in [0.25, 0.3) is 0 Å². The van der Waals surface area contributed by atoms with Crippen molar-refractivity contribution in [3.8, 4) is 5.75 Å². The number of amides is 1. The average molecular weight is 336 g/mol. The van der Waals surface area contributed by atoms with Gasteiger partial charge in [-0.05, 0) is 44.1 Å². The highest BCUT2D eigenvalue weighted by molar-refractivity contribution is 8.00. The Morgan fingerprint density at radius 2 is 2.22 bits per heavy atom. The van der Waals surface area contributed by atoms with E-state index < -0.39 is 0 Å². The van der Waals surface area contributed by atoms with Crippen LogP contribution in [0.15, 0.2) is 29.2 Å². The van der Waals surface area contributed by atoms with Crippen molar-refractivity contribution in [3.05, 3.63) is 24.3 Å². The number of ether oxygens (including phenoxy) is 2. The number of nitrogens with one attached hydrogen (secondary N) is 1. The summed E-state index contributed by atoms with van der Waals surface area (Å²) in [5.41, 5.74) is 0. The van der Waals surface area contributed by atoms with Gasteiger partial charge in [0, 0.05) is 4.90 Å². The second kappa shape index (κ2) is 8.04. The van der Waals surface area contributed by atoms with Crippen LogP contribution < -0.4 is 10.1 Å². The fourth-order valence-corrected chi connectivity index (χ4v) is 3.96. The molecule has 2 atom stereocenters. The van der Waals surface area contributed by atoms with Crippen LogP contribution in [-0.2, 0) is 9.53 Å². The van der Waals surface area contributed by atoms with Gasteiger partial charge in [0.25, 0.3) is 0 Å². The van der Waals surface area contributed by atoms with Gasteiger partial charge in [0.15, 0.2) is 0 Å². The third kappa shape index (κ3) is 4.40.